The van der Waals surface area contributed by atoms with Crippen molar-refractivity contribution in [1.82, 2.24) is 10.2 Å². The molecule has 1 amide bonds. The number of hydrogen-bond acceptors (Lipinski definition) is 5. The molecule has 35 heavy (non-hydrogen) atoms. The molecule has 6 heteroatoms. The van der Waals surface area contributed by atoms with E-state index in [-0.39, 0.29) is 23.5 Å². The van der Waals surface area contributed by atoms with Crippen LogP contribution in [0, 0.1) is 13.8 Å². The number of aromatic hydroxyl groups is 1. The number of thiophene rings is 1. The van der Waals surface area contributed by atoms with Crippen molar-refractivity contribution in [3.63, 3.8) is 0 Å². The molecule has 2 atom stereocenters. The van der Waals surface area contributed by atoms with Crippen molar-refractivity contribution in [2.45, 2.75) is 57.2 Å². The number of carbonyl (C=O) groups excluding carboxylic acids is 1. The molecule has 0 bridgehead atoms. The van der Waals surface area contributed by atoms with Crippen LogP contribution >= 0.6 is 11.3 Å². The summed E-state index contributed by atoms with van der Waals surface area (Å²) >= 11 is 1.61. The van der Waals surface area contributed by atoms with Crippen LogP contribution in [0.2, 0.25) is 0 Å². The lowest BCUT2D eigenvalue weighted by Gasteiger charge is -2.44. The van der Waals surface area contributed by atoms with Gasteiger partial charge in [-0.05, 0) is 79.0 Å². The van der Waals surface area contributed by atoms with E-state index in [0.29, 0.717) is 12.2 Å². The summed E-state index contributed by atoms with van der Waals surface area (Å²) in [6.07, 6.45) is 2.28. The second-order valence-corrected chi connectivity index (χ2v) is 11.1. The van der Waals surface area contributed by atoms with Crippen LogP contribution in [0.15, 0.2) is 53.9 Å². The van der Waals surface area contributed by atoms with E-state index in [2.05, 4.69) is 46.6 Å². The van der Waals surface area contributed by atoms with Gasteiger partial charge in [0, 0.05) is 23.9 Å². The molecule has 1 spiro atoms. The average molecular weight is 491 g/mol. The number of amides is 1. The average Bonchev–Trinajstić information content (AvgIpc) is 3.44. The maximum atomic E-state index is 13.0. The van der Waals surface area contributed by atoms with Crippen LogP contribution in [0.3, 0.4) is 0 Å². The lowest BCUT2D eigenvalue weighted by atomic mass is 9.71. The monoisotopic (exact) mass is 490 g/mol. The van der Waals surface area contributed by atoms with E-state index in [4.69, 9.17) is 4.74 Å². The number of phenolic OH excluding ortho intramolecular Hbond substituents is 1. The van der Waals surface area contributed by atoms with Gasteiger partial charge >= 0.3 is 0 Å². The number of phenols is 1. The van der Waals surface area contributed by atoms with Gasteiger partial charge in [-0.25, -0.2) is 0 Å². The number of benzene rings is 2. The predicted octanol–water partition coefficient (Wildman–Crippen LogP) is 5.03. The highest BCUT2D eigenvalue weighted by Gasteiger charge is 2.53. The minimum Gasteiger partial charge on any atom is -0.507 e. The van der Waals surface area contributed by atoms with Gasteiger partial charge < -0.3 is 15.2 Å². The quantitative estimate of drug-likeness (QED) is 0.509. The molecule has 0 saturated carbocycles. The molecular formula is C29H34N2O3S. The van der Waals surface area contributed by atoms with Crippen LogP contribution in [0.4, 0.5) is 0 Å². The summed E-state index contributed by atoms with van der Waals surface area (Å²) in [5, 5.41) is 15.5. The van der Waals surface area contributed by atoms with Crippen molar-refractivity contribution in [1.29, 1.82) is 0 Å². The number of aryl methyl sites for hydroxylation is 2. The van der Waals surface area contributed by atoms with Gasteiger partial charge in [0.15, 0.2) is 0 Å². The van der Waals surface area contributed by atoms with Crippen LogP contribution < -0.4 is 5.32 Å². The van der Waals surface area contributed by atoms with E-state index >= 15 is 0 Å². The summed E-state index contributed by atoms with van der Waals surface area (Å²) in [5.41, 5.74) is 5.50. The zero-order valence-corrected chi connectivity index (χ0v) is 21.5. The first-order valence-electron chi connectivity index (χ1n) is 12.4. The second-order valence-electron chi connectivity index (χ2n) is 10.1. The topological polar surface area (TPSA) is 61.8 Å². The lowest BCUT2D eigenvalue weighted by Crippen LogP contribution is -2.50. The Hall–Kier alpha value is -2.67. The van der Waals surface area contributed by atoms with Crippen LogP contribution in [-0.4, -0.2) is 42.2 Å². The minimum absolute atomic E-state index is 0.0434. The maximum Gasteiger partial charge on any atom is 0.225 e. The summed E-state index contributed by atoms with van der Waals surface area (Å²) in [6.45, 7) is 6.72. The van der Waals surface area contributed by atoms with E-state index in [1.54, 1.807) is 18.4 Å². The highest BCUT2D eigenvalue weighted by atomic mass is 32.1. The number of carbonyl (C=O) groups is 1. The molecule has 1 fully saturated rings. The van der Waals surface area contributed by atoms with Crippen molar-refractivity contribution in [2.75, 3.05) is 20.2 Å². The van der Waals surface area contributed by atoms with Crippen LogP contribution in [0.1, 0.15) is 51.6 Å². The molecule has 1 aliphatic heterocycles. The predicted molar refractivity (Wildman–Crippen MR) is 140 cm³/mol. The van der Waals surface area contributed by atoms with Gasteiger partial charge in [-0.15, -0.1) is 11.3 Å². The molecule has 0 radical (unpaired) electrons. The molecule has 2 heterocycles. The number of hydrogen-bond donors (Lipinski definition) is 2. The van der Waals surface area contributed by atoms with Crippen LogP contribution in [-0.2, 0) is 27.9 Å². The first kappa shape index (κ1) is 24.0. The first-order chi connectivity index (χ1) is 16.9. The van der Waals surface area contributed by atoms with Gasteiger partial charge in [0.2, 0.25) is 5.91 Å². The highest BCUT2D eigenvalue weighted by Crippen LogP contribution is 2.52. The molecule has 2 aromatic carbocycles. The zero-order valence-electron chi connectivity index (χ0n) is 20.7. The molecule has 2 N–H and O–H groups in total. The Morgan fingerprint density at radius 3 is 2.51 bits per heavy atom. The summed E-state index contributed by atoms with van der Waals surface area (Å²) in [6, 6.07) is 16.6. The van der Waals surface area contributed by atoms with Crippen molar-refractivity contribution in [3.8, 4) is 5.75 Å². The third kappa shape index (κ3) is 4.51. The Morgan fingerprint density at radius 1 is 1.14 bits per heavy atom. The molecule has 3 aromatic rings. The number of nitrogens with zero attached hydrogens (tertiary/aromatic N) is 1. The van der Waals surface area contributed by atoms with E-state index in [9.17, 15) is 9.90 Å². The fourth-order valence-corrected chi connectivity index (χ4v) is 6.93. The fraction of sp³-hybridized carbons (Fsp3) is 0.414. The molecule has 0 unspecified atom stereocenters. The Balaban J connectivity index is 1.34. The number of fused-ring (bicyclic) bond motifs is 2. The third-order valence-electron chi connectivity index (χ3n) is 7.87. The molecule has 2 aliphatic rings. The Kier molecular flexibility index (Phi) is 6.71. The van der Waals surface area contributed by atoms with Crippen LogP contribution in [0.5, 0.6) is 5.75 Å². The Labute approximate surface area is 211 Å². The molecular weight excluding hydrogens is 456 g/mol. The van der Waals surface area contributed by atoms with E-state index in [0.717, 1.165) is 48.5 Å². The van der Waals surface area contributed by atoms with Gasteiger partial charge in [-0.2, -0.15) is 0 Å². The first-order valence-corrected chi connectivity index (χ1v) is 13.2. The van der Waals surface area contributed by atoms with Gasteiger partial charge in [0.25, 0.3) is 0 Å². The minimum atomic E-state index is -0.141. The summed E-state index contributed by atoms with van der Waals surface area (Å²) in [5.74, 6) is 0.436. The lowest BCUT2D eigenvalue weighted by molar-refractivity contribution is -0.122. The van der Waals surface area contributed by atoms with Crippen molar-refractivity contribution in [3.05, 3.63) is 86.6 Å². The van der Waals surface area contributed by atoms with Gasteiger partial charge in [0.1, 0.15) is 5.75 Å². The smallest absolute Gasteiger partial charge is 0.225 e. The Bertz CT molecular complexity index is 1180. The number of likely N-dealkylation sites (tertiary alicyclic amines) is 1. The number of nitrogens with one attached hydrogen (secondary N) is 1. The zero-order chi connectivity index (χ0) is 24.6. The molecule has 1 saturated heterocycles. The number of piperidine rings is 1. The SMILES string of the molecule is CO[C@@H]1[C@@H](NC(=O)Cc2cccs2)c2ccccc2C12CCN(Cc1cc(C)c(O)c(C)c1)CC2. The normalized spacial score (nSPS) is 21.2. The van der Waals surface area contributed by atoms with Crippen molar-refractivity contribution >= 4 is 17.2 Å². The second kappa shape index (κ2) is 9.76. The van der Waals surface area contributed by atoms with E-state index < -0.39 is 0 Å². The number of rotatable bonds is 6. The Morgan fingerprint density at radius 2 is 1.86 bits per heavy atom. The number of methoxy groups -OCH3 is 1. The van der Waals surface area contributed by atoms with E-state index in [1.807, 2.05) is 31.4 Å². The summed E-state index contributed by atoms with van der Waals surface area (Å²) in [7, 11) is 1.78. The van der Waals surface area contributed by atoms with Crippen molar-refractivity contribution in [2.24, 2.45) is 0 Å². The van der Waals surface area contributed by atoms with Gasteiger partial charge in [-0.1, -0.05) is 42.5 Å². The molecule has 5 nitrogen and oxygen atoms in total. The van der Waals surface area contributed by atoms with Crippen molar-refractivity contribution < 1.29 is 14.6 Å². The molecule has 5 rings (SSSR count). The standard InChI is InChI=1S/C29H34N2O3S/c1-19-15-21(16-20(2)27(19)33)18-31-12-10-29(11-13-31)24-9-5-4-8-23(24)26(28(29)34-3)30-25(32)17-22-7-6-14-35-22/h4-9,14-16,26,28,33H,10-13,17-18H2,1-3H3,(H,30,32)/t26-,28+/m0/s1. The van der Waals surface area contributed by atoms with Crippen LogP contribution in [0.25, 0.3) is 0 Å². The summed E-state index contributed by atoms with van der Waals surface area (Å²) in [4.78, 5) is 16.5. The fourth-order valence-electron chi connectivity index (χ4n) is 6.23. The summed E-state index contributed by atoms with van der Waals surface area (Å²) < 4.78 is 6.18. The molecule has 1 aromatic heterocycles. The maximum absolute atomic E-state index is 13.0. The van der Waals surface area contributed by atoms with Gasteiger partial charge in [-0.3, -0.25) is 9.69 Å². The van der Waals surface area contributed by atoms with E-state index in [1.165, 1.54) is 16.7 Å². The molecule has 184 valence electrons. The number of ether oxygens (including phenoxy) is 1. The largest absolute Gasteiger partial charge is 0.507 e. The van der Waals surface area contributed by atoms with Gasteiger partial charge in [0.05, 0.1) is 18.6 Å². The highest BCUT2D eigenvalue weighted by molar-refractivity contribution is 7.10. The molecule has 1 aliphatic carbocycles. The third-order valence-corrected chi connectivity index (χ3v) is 8.75.